The molecule has 0 bridgehead atoms. The van der Waals surface area contributed by atoms with Crippen molar-refractivity contribution >= 4 is 21.4 Å². The molecule has 26 heavy (non-hydrogen) atoms. The van der Waals surface area contributed by atoms with Gasteiger partial charge >= 0.3 is 0 Å². The van der Waals surface area contributed by atoms with Crippen LogP contribution in [0.2, 0.25) is 0 Å². The molecule has 7 heteroatoms. The van der Waals surface area contributed by atoms with Gasteiger partial charge in [0.25, 0.3) is 5.56 Å². The summed E-state index contributed by atoms with van der Waals surface area (Å²) in [6.45, 7) is 8.47. The monoisotopic (exact) mass is 372 g/mol. The number of nitrogens with one attached hydrogen (secondary N) is 1. The molecule has 6 nitrogen and oxygen atoms in total. The number of hydrogen-bond donors (Lipinski definition) is 1. The van der Waals surface area contributed by atoms with Crippen molar-refractivity contribution in [3.63, 3.8) is 0 Å². The Hall–Kier alpha value is -2.41. The number of aryl methyl sites for hydroxylation is 1. The van der Waals surface area contributed by atoms with Crippen molar-refractivity contribution < 1.29 is 4.74 Å². The van der Waals surface area contributed by atoms with Gasteiger partial charge in [0.2, 0.25) is 10.1 Å². The Morgan fingerprint density at radius 1 is 1.31 bits per heavy atom. The quantitative estimate of drug-likeness (QED) is 0.735. The van der Waals surface area contributed by atoms with Crippen LogP contribution in [0.25, 0.3) is 4.96 Å². The average Bonchev–Trinajstić information content (AvgIpc) is 3.02. The van der Waals surface area contributed by atoms with Gasteiger partial charge in [-0.1, -0.05) is 51.2 Å². The first-order valence-electron chi connectivity index (χ1n) is 8.62. The molecule has 1 aromatic carbocycles. The molecule has 0 saturated heterocycles. The molecule has 0 aliphatic carbocycles. The van der Waals surface area contributed by atoms with E-state index in [1.165, 1.54) is 15.9 Å². The SMILES string of the molecule is CCc1cc(=O)n2nc(N[C@@H](c3cccc(OC)c3)C(C)(C)C)sc2n1. The third-order valence-corrected chi connectivity index (χ3v) is 5.06. The van der Waals surface area contributed by atoms with E-state index in [4.69, 9.17) is 4.74 Å². The van der Waals surface area contributed by atoms with E-state index in [-0.39, 0.29) is 17.0 Å². The predicted octanol–water partition coefficient (Wildman–Crippen LogP) is 3.92. The van der Waals surface area contributed by atoms with Crippen LogP contribution in [0.15, 0.2) is 35.1 Å². The number of aromatic nitrogens is 3. The molecule has 0 amide bonds. The van der Waals surface area contributed by atoms with Gasteiger partial charge in [-0.15, -0.1) is 5.10 Å². The van der Waals surface area contributed by atoms with Gasteiger partial charge < -0.3 is 10.1 Å². The second-order valence-corrected chi connectivity index (χ2v) is 8.22. The standard InChI is InChI=1S/C19H24N4O2S/c1-6-13-11-15(24)23-18(20-13)26-17(22-23)21-16(19(2,3)4)12-8-7-9-14(10-12)25-5/h7-11,16H,6H2,1-5H3,(H,21,22)/t16-/m0/s1. The Bertz CT molecular complexity index is 972. The first kappa shape index (κ1) is 18.4. The highest BCUT2D eigenvalue weighted by atomic mass is 32.1. The Balaban J connectivity index is 2.01. The maximum absolute atomic E-state index is 12.2. The van der Waals surface area contributed by atoms with E-state index < -0.39 is 0 Å². The van der Waals surface area contributed by atoms with E-state index in [1.807, 2.05) is 25.1 Å². The Labute approximate surface area is 156 Å². The number of methoxy groups -OCH3 is 1. The van der Waals surface area contributed by atoms with Gasteiger partial charge in [-0.2, -0.15) is 4.52 Å². The van der Waals surface area contributed by atoms with Crippen LogP contribution >= 0.6 is 11.3 Å². The molecule has 1 atom stereocenters. The summed E-state index contributed by atoms with van der Waals surface area (Å²) in [7, 11) is 1.66. The van der Waals surface area contributed by atoms with Crippen LogP contribution in [0.3, 0.4) is 0 Å². The third-order valence-electron chi connectivity index (χ3n) is 4.22. The summed E-state index contributed by atoms with van der Waals surface area (Å²) in [6, 6.07) is 9.54. The number of hydrogen-bond acceptors (Lipinski definition) is 6. The van der Waals surface area contributed by atoms with Gasteiger partial charge in [-0.3, -0.25) is 4.79 Å². The van der Waals surface area contributed by atoms with E-state index >= 15 is 0 Å². The minimum Gasteiger partial charge on any atom is -0.497 e. The van der Waals surface area contributed by atoms with E-state index in [9.17, 15) is 4.79 Å². The van der Waals surface area contributed by atoms with Crippen LogP contribution in [0, 0.1) is 5.41 Å². The van der Waals surface area contributed by atoms with Gasteiger partial charge in [0, 0.05) is 11.8 Å². The van der Waals surface area contributed by atoms with Crippen LogP contribution in [0.5, 0.6) is 5.75 Å². The maximum atomic E-state index is 12.2. The Morgan fingerprint density at radius 3 is 2.73 bits per heavy atom. The molecule has 2 heterocycles. The van der Waals surface area contributed by atoms with Crippen molar-refractivity contribution in [2.45, 2.75) is 40.2 Å². The van der Waals surface area contributed by atoms with E-state index in [0.717, 1.165) is 23.4 Å². The number of rotatable bonds is 5. The second-order valence-electron chi connectivity index (χ2n) is 7.26. The molecule has 0 fully saturated rings. The summed E-state index contributed by atoms with van der Waals surface area (Å²) in [5.74, 6) is 0.813. The smallest absolute Gasteiger partial charge is 0.275 e. The van der Waals surface area contributed by atoms with Crippen molar-refractivity contribution in [1.29, 1.82) is 0 Å². The fourth-order valence-corrected chi connectivity index (χ4v) is 3.69. The number of benzene rings is 1. The fraction of sp³-hybridized carbons (Fsp3) is 0.421. The predicted molar refractivity (Wildman–Crippen MR) is 105 cm³/mol. The largest absolute Gasteiger partial charge is 0.497 e. The number of fused-ring (bicyclic) bond motifs is 1. The zero-order chi connectivity index (χ0) is 18.9. The summed E-state index contributed by atoms with van der Waals surface area (Å²) in [5, 5.41) is 8.59. The topological polar surface area (TPSA) is 68.5 Å². The molecule has 138 valence electrons. The summed E-state index contributed by atoms with van der Waals surface area (Å²) >= 11 is 1.39. The molecule has 0 unspecified atom stereocenters. The maximum Gasteiger partial charge on any atom is 0.275 e. The third kappa shape index (κ3) is 3.72. The van der Waals surface area contributed by atoms with Crippen LogP contribution in [-0.2, 0) is 6.42 Å². The lowest BCUT2D eigenvalue weighted by Crippen LogP contribution is -2.26. The van der Waals surface area contributed by atoms with Gasteiger partial charge in [0.05, 0.1) is 13.2 Å². The summed E-state index contributed by atoms with van der Waals surface area (Å²) in [6.07, 6.45) is 0.723. The van der Waals surface area contributed by atoms with Gasteiger partial charge in [-0.05, 0) is 29.5 Å². The van der Waals surface area contributed by atoms with Crippen molar-refractivity contribution in [2.24, 2.45) is 5.41 Å². The van der Waals surface area contributed by atoms with Crippen molar-refractivity contribution in [3.8, 4) is 5.75 Å². The van der Waals surface area contributed by atoms with Gasteiger partial charge in [0.1, 0.15) is 5.75 Å². The second kappa shape index (κ2) is 7.07. The average molecular weight is 372 g/mol. The number of nitrogens with zero attached hydrogens (tertiary/aromatic N) is 3. The molecule has 3 aromatic rings. The minimum absolute atomic E-state index is 0.000454. The highest BCUT2D eigenvalue weighted by molar-refractivity contribution is 7.20. The summed E-state index contributed by atoms with van der Waals surface area (Å²) < 4.78 is 6.72. The van der Waals surface area contributed by atoms with Crippen LogP contribution < -0.4 is 15.6 Å². The lowest BCUT2D eigenvalue weighted by atomic mass is 9.82. The minimum atomic E-state index is -0.148. The molecule has 0 aliphatic heterocycles. The van der Waals surface area contributed by atoms with Crippen LogP contribution in [0.4, 0.5) is 5.13 Å². The van der Waals surface area contributed by atoms with Gasteiger partial charge in [-0.25, -0.2) is 4.98 Å². The highest BCUT2D eigenvalue weighted by Gasteiger charge is 2.28. The molecule has 2 aromatic heterocycles. The Kier molecular flexibility index (Phi) is 5.00. The molecule has 1 N–H and O–H groups in total. The van der Waals surface area contributed by atoms with Crippen molar-refractivity contribution in [2.75, 3.05) is 12.4 Å². The number of anilines is 1. The molecule has 0 aliphatic rings. The molecule has 0 spiro atoms. The summed E-state index contributed by atoms with van der Waals surface area (Å²) in [5.41, 5.74) is 1.66. The fourth-order valence-electron chi connectivity index (χ4n) is 2.84. The van der Waals surface area contributed by atoms with E-state index in [0.29, 0.717) is 10.1 Å². The highest BCUT2D eigenvalue weighted by Crippen LogP contribution is 2.37. The zero-order valence-electron chi connectivity index (χ0n) is 15.7. The molecular formula is C19H24N4O2S. The summed E-state index contributed by atoms with van der Waals surface area (Å²) in [4.78, 5) is 17.3. The van der Waals surface area contributed by atoms with Crippen molar-refractivity contribution in [1.82, 2.24) is 14.6 Å². The molecule has 0 saturated carbocycles. The molecule has 3 rings (SSSR count). The Morgan fingerprint density at radius 2 is 2.08 bits per heavy atom. The first-order chi connectivity index (χ1) is 12.3. The first-order valence-corrected chi connectivity index (χ1v) is 9.43. The van der Waals surface area contributed by atoms with Gasteiger partial charge in [0.15, 0.2) is 0 Å². The van der Waals surface area contributed by atoms with Crippen molar-refractivity contribution in [3.05, 3.63) is 51.9 Å². The zero-order valence-corrected chi connectivity index (χ0v) is 16.6. The van der Waals surface area contributed by atoms with Crippen LogP contribution in [-0.4, -0.2) is 21.7 Å². The lowest BCUT2D eigenvalue weighted by Gasteiger charge is -2.31. The molecule has 0 radical (unpaired) electrons. The number of ether oxygens (including phenoxy) is 1. The van der Waals surface area contributed by atoms with E-state index in [2.05, 4.69) is 42.2 Å². The van der Waals surface area contributed by atoms with E-state index in [1.54, 1.807) is 13.2 Å². The molecular weight excluding hydrogens is 348 g/mol. The lowest BCUT2D eigenvalue weighted by molar-refractivity contribution is 0.345. The normalized spacial score (nSPS) is 13.0. The van der Waals surface area contributed by atoms with Crippen LogP contribution in [0.1, 0.15) is 45.0 Å².